The van der Waals surface area contributed by atoms with Crippen molar-refractivity contribution in [3.8, 4) is 0 Å². The van der Waals surface area contributed by atoms with Crippen LogP contribution in [-0.4, -0.2) is 11.5 Å². The lowest BCUT2D eigenvalue weighted by Crippen LogP contribution is -2.20. The molecule has 1 N–H and O–H groups in total. The van der Waals surface area contributed by atoms with Crippen molar-refractivity contribution < 1.29 is 0 Å². The van der Waals surface area contributed by atoms with Crippen molar-refractivity contribution in [2.24, 2.45) is 5.92 Å². The van der Waals surface area contributed by atoms with Gasteiger partial charge in [-0.15, -0.1) is 0 Å². The lowest BCUT2D eigenvalue weighted by atomic mass is 9.85. The Kier molecular flexibility index (Phi) is 3.02. The standard InChI is InChI=1S/C12H18N2/c1-2-11-8-12(6-7-13-11)14-9-10-4-3-5-10/h6-8,10H,2-5,9H2,1H3,(H,13,14). The molecule has 2 heteroatoms. The van der Waals surface area contributed by atoms with E-state index < -0.39 is 0 Å². The highest BCUT2D eigenvalue weighted by molar-refractivity contribution is 5.43. The third kappa shape index (κ3) is 2.25. The molecule has 0 bridgehead atoms. The Balaban J connectivity index is 1.87. The van der Waals surface area contributed by atoms with Gasteiger partial charge in [0.15, 0.2) is 0 Å². The summed E-state index contributed by atoms with van der Waals surface area (Å²) in [5.74, 6) is 0.910. The minimum atomic E-state index is 0.910. The minimum absolute atomic E-state index is 0.910. The van der Waals surface area contributed by atoms with E-state index in [1.54, 1.807) is 0 Å². The largest absolute Gasteiger partial charge is 0.385 e. The first kappa shape index (κ1) is 9.50. The molecule has 1 aliphatic rings. The Morgan fingerprint density at radius 2 is 2.36 bits per heavy atom. The second-order valence-electron chi connectivity index (χ2n) is 4.07. The van der Waals surface area contributed by atoms with Crippen molar-refractivity contribution in [1.29, 1.82) is 0 Å². The molecule has 0 atom stereocenters. The lowest BCUT2D eigenvalue weighted by molar-refractivity contribution is 0.333. The zero-order valence-electron chi connectivity index (χ0n) is 8.79. The molecule has 0 saturated heterocycles. The molecule has 76 valence electrons. The number of rotatable bonds is 4. The van der Waals surface area contributed by atoms with Crippen LogP contribution < -0.4 is 5.32 Å². The molecule has 2 nitrogen and oxygen atoms in total. The lowest BCUT2D eigenvalue weighted by Gasteiger charge is -2.25. The first-order valence-electron chi connectivity index (χ1n) is 5.57. The molecular weight excluding hydrogens is 172 g/mol. The van der Waals surface area contributed by atoms with Gasteiger partial charge >= 0.3 is 0 Å². The summed E-state index contributed by atoms with van der Waals surface area (Å²) in [6.07, 6.45) is 7.13. The number of pyridine rings is 1. The van der Waals surface area contributed by atoms with E-state index in [-0.39, 0.29) is 0 Å². The topological polar surface area (TPSA) is 24.9 Å². The Hall–Kier alpha value is -1.05. The molecule has 2 rings (SSSR count). The highest BCUT2D eigenvalue weighted by atomic mass is 14.9. The predicted octanol–water partition coefficient (Wildman–Crippen LogP) is 2.86. The van der Waals surface area contributed by atoms with E-state index in [0.717, 1.165) is 18.9 Å². The summed E-state index contributed by atoms with van der Waals surface area (Å²) < 4.78 is 0. The fourth-order valence-corrected chi connectivity index (χ4v) is 1.74. The second kappa shape index (κ2) is 4.45. The maximum Gasteiger partial charge on any atom is 0.0421 e. The predicted molar refractivity (Wildman–Crippen MR) is 59.4 cm³/mol. The third-order valence-corrected chi connectivity index (χ3v) is 3.00. The van der Waals surface area contributed by atoms with Crippen LogP contribution in [0.3, 0.4) is 0 Å². The fourth-order valence-electron chi connectivity index (χ4n) is 1.74. The van der Waals surface area contributed by atoms with Gasteiger partial charge in [-0.05, 0) is 37.3 Å². The van der Waals surface area contributed by atoms with Gasteiger partial charge in [-0.1, -0.05) is 13.3 Å². The molecule has 0 aliphatic heterocycles. The Bertz CT molecular complexity index is 292. The highest BCUT2D eigenvalue weighted by Gasteiger charge is 2.16. The number of aromatic nitrogens is 1. The molecule has 0 unspecified atom stereocenters. The van der Waals surface area contributed by atoms with Crippen LogP contribution in [0.15, 0.2) is 18.3 Å². The van der Waals surface area contributed by atoms with Crippen molar-refractivity contribution in [3.05, 3.63) is 24.0 Å². The molecule has 1 aliphatic carbocycles. The van der Waals surface area contributed by atoms with E-state index in [2.05, 4.69) is 29.4 Å². The molecule has 0 spiro atoms. The number of anilines is 1. The maximum atomic E-state index is 4.28. The zero-order chi connectivity index (χ0) is 9.80. The van der Waals surface area contributed by atoms with E-state index in [1.165, 1.54) is 30.6 Å². The van der Waals surface area contributed by atoms with Crippen molar-refractivity contribution in [1.82, 2.24) is 4.98 Å². The van der Waals surface area contributed by atoms with Gasteiger partial charge in [0.25, 0.3) is 0 Å². The van der Waals surface area contributed by atoms with E-state index in [4.69, 9.17) is 0 Å². The van der Waals surface area contributed by atoms with Crippen LogP contribution in [0.1, 0.15) is 31.9 Å². The molecule has 0 radical (unpaired) electrons. The Labute approximate surface area is 85.7 Å². The first-order chi connectivity index (χ1) is 6.88. The first-order valence-corrected chi connectivity index (χ1v) is 5.57. The van der Waals surface area contributed by atoms with Gasteiger partial charge in [0.05, 0.1) is 0 Å². The maximum absolute atomic E-state index is 4.28. The van der Waals surface area contributed by atoms with Crippen LogP contribution in [0.5, 0.6) is 0 Å². The quantitative estimate of drug-likeness (QED) is 0.789. The van der Waals surface area contributed by atoms with Gasteiger partial charge in [0, 0.05) is 24.1 Å². The van der Waals surface area contributed by atoms with Gasteiger partial charge < -0.3 is 5.32 Å². The van der Waals surface area contributed by atoms with Crippen molar-refractivity contribution >= 4 is 5.69 Å². The smallest absolute Gasteiger partial charge is 0.0421 e. The molecule has 1 heterocycles. The second-order valence-corrected chi connectivity index (χ2v) is 4.07. The van der Waals surface area contributed by atoms with Crippen LogP contribution in [0, 0.1) is 5.92 Å². The van der Waals surface area contributed by atoms with E-state index in [9.17, 15) is 0 Å². The van der Waals surface area contributed by atoms with Crippen LogP contribution in [-0.2, 0) is 6.42 Å². The van der Waals surface area contributed by atoms with Crippen molar-refractivity contribution in [3.63, 3.8) is 0 Å². The average molecular weight is 190 g/mol. The van der Waals surface area contributed by atoms with Crippen molar-refractivity contribution in [2.45, 2.75) is 32.6 Å². The molecule has 1 aromatic heterocycles. The molecule has 1 aromatic rings. The van der Waals surface area contributed by atoms with Crippen LogP contribution >= 0.6 is 0 Å². The van der Waals surface area contributed by atoms with E-state index in [1.807, 2.05) is 6.20 Å². The van der Waals surface area contributed by atoms with E-state index in [0.29, 0.717) is 0 Å². The molecule has 14 heavy (non-hydrogen) atoms. The van der Waals surface area contributed by atoms with Gasteiger partial charge in [-0.3, -0.25) is 4.98 Å². The van der Waals surface area contributed by atoms with E-state index >= 15 is 0 Å². The number of nitrogens with zero attached hydrogens (tertiary/aromatic N) is 1. The van der Waals surface area contributed by atoms with Gasteiger partial charge in [0.1, 0.15) is 0 Å². The molecule has 1 saturated carbocycles. The van der Waals surface area contributed by atoms with Crippen LogP contribution in [0.4, 0.5) is 5.69 Å². The monoisotopic (exact) mass is 190 g/mol. The minimum Gasteiger partial charge on any atom is -0.385 e. The molecular formula is C12H18N2. The summed E-state index contributed by atoms with van der Waals surface area (Å²) in [5, 5.41) is 3.48. The summed E-state index contributed by atoms with van der Waals surface area (Å²) in [6, 6.07) is 4.20. The normalized spacial score (nSPS) is 16.4. The number of hydrogen-bond acceptors (Lipinski definition) is 2. The Morgan fingerprint density at radius 3 is 3.00 bits per heavy atom. The van der Waals surface area contributed by atoms with Gasteiger partial charge in [-0.2, -0.15) is 0 Å². The fraction of sp³-hybridized carbons (Fsp3) is 0.583. The third-order valence-electron chi connectivity index (χ3n) is 3.00. The molecule has 1 fully saturated rings. The zero-order valence-corrected chi connectivity index (χ0v) is 8.79. The number of aryl methyl sites for hydroxylation is 1. The Morgan fingerprint density at radius 1 is 1.50 bits per heavy atom. The van der Waals surface area contributed by atoms with Crippen molar-refractivity contribution in [2.75, 3.05) is 11.9 Å². The summed E-state index contributed by atoms with van der Waals surface area (Å²) in [4.78, 5) is 4.28. The number of hydrogen-bond donors (Lipinski definition) is 1. The van der Waals surface area contributed by atoms with Crippen LogP contribution in [0.25, 0.3) is 0 Å². The summed E-state index contributed by atoms with van der Waals surface area (Å²) >= 11 is 0. The molecule has 0 amide bonds. The summed E-state index contributed by atoms with van der Waals surface area (Å²) in [5.41, 5.74) is 2.40. The number of nitrogens with one attached hydrogen (secondary N) is 1. The average Bonchev–Trinajstić information content (AvgIpc) is 2.16. The van der Waals surface area contributed by atoms with Gasteiger partial charge in [0.2, 0.25) is 0 Å². The summed E-state index contributed by atoms with van der Waals surface area (Å²) in [6.45, 7) is 3.27. The summed E-state index contributed by atoms with van der Waals surface area (Å²) in [7, 11) is 0. The van der Waals surface area contributed by atoms with Crippen LogP contribution in [0.2, 0.25) is 0 Å². The highest BCUT2D eigenvalue weighted by Crippen LogP contribution is 2.26. The van der Waals surface area contributed by atoms with Gasteiger partial charge in [-0.25, -0.2) is 0 Å². The molecule has 0 aromatic carbocycles. The SMILES string of the molecule is CCc1cc(NCC2CCC2)ccn1.